The van der Waals surface area contributed by atoms with E-state index in [-0.39, 0.29) is 0 Å². The molecule has 0 unspecified atom stereocenters. The molecule has 3 heterocycles. The molecule has 0 aromatic carbocycles. The minimum absolute atomic E-state index is 0.657. The van der Waals surface area contributed by atoms with E-state index in [2.05, 4.69) is 24.9 Å². The van der Waals surface area contributed by atoms with Gasteiger partial charge < -0.3 is 0 Å². The average molecular weight is 263 g/mol. The average Bonchev–Trinajstić information content (AvgIpc) is 2.47. The molecular formula is C15H13N5. The monoisotopic (exact) mass is 263 g/mol. The van der Waals surface area contributed by atoms with Crippen molar-refractivity contribution in [3.8, 4) is 22.8 Å². The van der Waals surface area contributed by atoms with E-state index in [1.165, 1.54) is 0 Å². The van der Waals surface area contributed by atoms with Crippen molar-refractivity contribution in [1.82, 2.24) is 24.9 Å². The van der Waals surface area contributed by atoms with E-state index < -0.39 is 0 Å². The zero-order valence-corrected chi connectivity index (χ0v) is 11.3. The van der Waals surface area contributed by atoms with Crippen molar-refractivity contribution < 1.29 is 0 Å². The van der Waals surface area contributed by atoms with E-state index in [1.54, 1.807) is 18.6 Å². The highest BCUT2D eigenvalue weighted by molar-refractivity contribution is 5.60. The fraction of sp³-hybridized carbons (Fsp3) is 0.133. The molecule has 20 heavy (non-hydrogen) atoms. The van der Waals surface area contributed by atoms with Crippen LogP contribution in [0.4, 0.5) is 0 Å². The molecule has 98 valence electrons. The van der Waals surface area contributed by atoms with Gasteiger partial charge in [0.1, 0.15) is 5.82 Å². The Bertz CT molecular complexity index is 740. The lowest BCUT2D eigenvalue weighted by Gasteiger charge is -2.05. The van der Waals surface area contributed by atoms with Crippen LogP contribution in [0, 0.1) is 13.8 Å². The summed E-state index contributed by atoms with van der Waals surface area (Å²) in [6.07, 6.45) is 5.21. The van der Waals surface area contributed by atoms with E-state index >= 15 is 0 Å². The minimum atomic E-state index is 0.657. The second-order valence-corrected chi connectivity index (χ2v) is 4.45. The van der Waals surface area contributed by atoms with Crippen molar-refractivity contribution in [3.05, 3.63) is 54.4 Å². The van der Waals surface area contributed by atoms with E-state index in [1.807, 2.05) is 38.1 Å². The van der Waals surface area contributed by atoms with Crippen LogP contribution in [0.3, 0.4) is 0 Å². The van der Waals surface area contributed by atoms with Gasteiger partial charge in [0.2, 0.25) is 0 Å². The standard InChI is InChI=1S/C15H13N5/c1-10-9-13(5-8-17-10)15-19-11(2)18-14(20-15)12-3-6-16-7-4-12/h3-9H,1-2H3. The fourth-order valence-corrected chi connectivity index (χ4v) is 1.93. The number of hydrogen-bond acceptors (Lipinski definition) is 5. The van der Waals surface area contributed by atoms with Gasteiger partial charge in [-0.15, -0.1) is 0 Å². The first-order valence-electron chi connectivity index (χ1n) is 6.28. The Hall–Kier alpha value is -2.69. The van der Waals surface area contributed by atoms with Crippen LogP contribution in [-0.4, -0.2) is 24.9 Å². The quantitative estimate of drug-likeness (QED) is 0.711. The normalized spacial score (nSPS) is 10.5. The first kappa shape index (κ1) is 12.3. The third-order valence-electron chi connectivity index (χ3n) is 2.84. The highest BCUT2D eigenvalue weighted by atomic mass is 15.0. The Morgan fingerprint density at radius 2 is 1.40 bits per heavy atom. The van der Waals surface area contributed by atoms with Crippen LogP contribution in [0.5, 0.6) is 0 Å². The van der Waals surface area contributed by atoms with Gasteiger partial charge in [0, 0.05) is 35.4 Å². The summed E-state index contributed by atoms with van der Waals surface area (Å²) in [4.78, 5) is 21.5. The summed E-state index contributed by atoms with van der Waals surface area (Å²) in [6.45, 7) is 3.81. The Labute approximate surface area is 116 Å². The topological polar surface area (TPSA) is 64.5 Å². The van der Waals surface area contributed by atoms with Crippen molar-refractivity contribution in [3.63, 3.8) is 0 Å². The van der Waals surface area contributed by atoms with Crippen molar-refractivity contribution in [2.24, 2.45) is 0 Å². The van der Waals surface area contributed by atoms with Gasteiger partial charge in [0.15, 0.2) is 11.6 Å². The summed E-state index contributed by atoms with van der Waals surface area (Å²) in [6, 6.07) is 7.63. The zero-order chi connectivity index (χ0) is 13.9. The summed E-state index contributed by atoms with van der Waals surface area (Å²) in [7, 11) is 0. The molecule has 3 aromatic heterocycles. The number of rotatable bonds is 2. The second kappa shape index (κ2) is 5.13. The lowest BCUT2D eigenvalue weighted by Crippen LogP contribution is -1.99. The van der Waals surface area contributed by atoms with Crippen LogP contribution in [-0.2, 0) is 0 Å². The summed E-state index contributed by atoms with van der Waals surface area (Å²) in [5, 5.41) is 0. The molecule has 3 rings (SSSR count). The van der Waals surface area contributed by atoms with Gasteiger partial charge >= 0.3 is 0 Å². The summed E-state index contributed by atoms with van der Waals surface area (Å²) in [5.41, 5.74) is 2.81. The van der Waals surface area contributed by atoms with Gasteiger partial charge in [-0.05, 0) is 38.1 Å². The molecule has 0 aliphatic rings. The van der Waals surface area contributed by atoms with Gasteiger partial charge in [-0.25, -0.2) is 15.0 Å². The molecule has 5 heteroatoms. The van der Waals surface area contributed by atoms with E-state index in [9.17, 15) is 0 Å². The number of hydrogen-bond donors (Lipinski definition) is 0. The van der Waals surface area contributed by atoms with Gasteiger partial charge in [-0.1, -0.05) is 0 Å². The first-order chi connectivity index (χ1) is 9.72. The van der Waals surface area contributed by atoms with Gasteiger partial charge in [0.05, 0.1) is 0 Å². The molecule has 0 fully saturated rings. The molecular weight excluding hydrogens is 250 g/mol. The molecule has 3 aromatic rings. The Balaban J connectivity index is 2.12. The molecule has 0 spiro atoms. The molecule has 0 N–H and O–H groups in total. The predicted octanol–water partition coefficient (Wildman–Crippen LogP) is 2.61. The van der Waals surface area contributed by atoms with Gasteiger partial charge in [0.25, 0.3) is 0 Å². The van der Waals surface area contributed by atoms with E-state index in [4.69, 9.17) is 0 Å². The van der Waals surface area contributed by atoms with E-state index in [0.717, 1.165) is 16.8 Å². The van der Waals surface area contributed by atoms with Crippen LogP contribution in [0.25, 0.3) is 22.8 Å². The Morgan fingerprint density at radius 1 is 0.750 bits per heavy atom. The lowest BCUT2D eigenvalue weighted by atomic mass is 10.2. The smallest absolute Gasteiger partial charge is 0.163 e. The fourth-order valence-electron chi connectivity index (χ4n) is 1.93. The Morgan fingerprint density at radius 3 is 2.10 bits per heavy atom. The van der Waals surface area contributed by atoms with Crippen molar-refractivity contribution in [2.75, 3.05) is 0 Å². The van der Waals surface area contributed by atoms with Gasteiger partial charge in [-0.3, -0.25) is 9.97 Å². The minimum Gasteiger partial charge on any atom is -0.265 e. The maximum absolute atomic E-state index is 4.54. The summed E-state index contributed by atoms with van der Waals surface area (Å²) >= 11 is 0. The molecule has 0 saturated carbocycles. The van der Waals surface area contributed by atoms with Crippen LogP contribution >= 0.6 is 0 Å². The van der Waals surface area contributed by atoms with Crippen LogP contribution in [0.1, 0.15) is 11.5 Å². The maximum atomic E-state index is 4.54. The maximum Gasteiger partial charge on any atom is 0.163 e. The highest BCUT2D eigenvalue weighted by Crippen LogP contribution is 2.19. The molecule has 0 atom stereocenters. The van der Waals surface area contributed by atoms with Crippen LogP contribution in [0.2, 0.25) is 0 Å². The molecule has 0 saturated heterocycles. The molecule has 0 bridgehead atoms. The van der Waals surface area contributed by atoms with Crippen molar-refractivity contribution in [1.29, 1.82) is 0 Å². The number of nitrogens with zero attached hydrogens (tertiary/aromatic N) is 5. The SMILES string of the molecule is Cc1cc(-c2nc(C)nc(-c3ccncc3)n2)ccn1. The predicted molar refractivity (Wildman–Crippen MR) is 75.8 cm³/mol. The molecule has 5 nitrogen and oxygen atoms in total. The molecule has 0 aliphatic carbocycles. The van der Waals surface area contributed by atoms with Crippen molar-refractivity contribution >= 4 is 0 Å². The Kier molecular flexibility index (Phi) is 3.16. The number of aromatic nitrogens is 5. The van der Waals surface area contributed by atoms with E-state index in [0.29, 0.717) is 17.5 Å². The molecule has 0 amide bonds. The highest BCUT2D eigenvalue weighted by Gasteiger charge is 2.08. The first-order valence-corrected chi connectivity index (χ1v) is 6.28. The van der Waals surface area contributed by atoms with Gasteiger partial charge in [-0.2, -0.15) is 0 Å². The van der Waals surface area contributed by atoms with Crippen LogP contribution in [0.15, 0.2) is 42.9 Å². The number of aryl methyl sites for hydroxylation is 2. The third kappa shape index (κ3) is 2.51. The van der Waals surface area contributed by atoms with Crippen molar-refractivity contribution in [2.45, 2.75) is 13.8 Å². The van der Waals surface area contributed by atoms with Crippen LogP contribution < -0.4 is 0 Å². The number of pyridine rings is 2. The lowest BCUT2D eigenvalue weighted by molar-refractivity contribution is 0.989. The largest absolute Gasteiger partial charge is 0.265 e. The summed E-state index contributed by atoms with van der Waals surface area (Å²) < 4.78 is 0. The molecule has 0 radical (unpaired) electrons. The third-order valence-corrected chi connectivity index (χ3v) is 2.84. The second-order valence-electron chi connectivity index (χ2n) is 4.45. The summed E-state index contributed by atoms with van der Waals surface area (Å²) in [5.74, 6) is 2.01. The zero-order valence-electron chi connectivity index (χ0n) is 11.3. The molecule has 0 aliphatic heterocycles.